The average Bonchev–Trinajstić information content (AvgIpc) is 3.12. The lowest BCUT2D eigenvalue weighted by molar-refractivity contribution is -0.920. The molecule has 6 nitrogen and oxygen atoms in total. The van der Waals surface area contributed by atoms with Gasteiger partial charge in [0.05, 0.1) is 19.3 Å². The van der Waals surface area contributed by atoms with E-state index in [0.29, 0.717) is 18.3 Å². The van der Waals surface area contributed by atoms with E-state index in [9.17, 15) is 9.90 Å². The predicted molar refractivity (Wildman–Crippen MR) is 117 cm³/mol. The lowest BCUT2D eigenvalue weighted by Crippen LogP contribution is -3.11. The second-order valence-corrected chi connectivity index (χ2v) is 11.1. The number of carbonyl (C=O) groups excluding carboxylic acids is 1. The number of imidazole rings is 1. The average molecular weight is 425 g/mol. The molecule has 2 aromatic heterocycles. The van der Waals surface area contributed by atoms with Gasteiger partial charge >= 0.3 is 11.7 Å². The predicted octanol–water partition coefficient (Wildman–Crippen LogP) is 1.24. The highest BCUT2D eigenvalue weighted by Crippen LogP contribution is 2.55. The number of aliphatic hydroxyl groups excluding tert-OH is 1. The molecule has 7 rings (SSSR count). The molecule has 6 heteroatoms. The number of hydrogen-bond acceptors (Lipinski definition) is 2. The van der Waals surface area contributed by atoms with Gasteiger partial charge in [-0.1, -0.05) is 6.07 Å². The van der Waals surface area contributed by atoms with Crippen LogP contribution in [-0.4, -0.2) is 41.2 Å². The Bertz CT molecular complexity index is 940. The van der Waals surface area contributed by atoms with Crippen LogP contribution >= 0.6 is 0 Å². The zero-order valence-corrected chi connectivity index (χ0v) is 18.4. The maximum absolute atomic E-state index is 13.5. The van der Waals surface area contributed by atoms with Gasteiger partial charge in [0, 0.05) is 25.0 Å². The molecule has 5 fully saturated rings. The van der Waals surface area contributed by atoms with Crippen LogP contribution in [0.5, 0.6) is 0 Å². The van der Waals surface area contributed by atoms with Gasteiger partial charge in [0.1, 0.15) is 6.54 Å². The fourth-order valence-electron chi connectivity index (χ4n) is 7.71. The number of fused-ring (bicyclic) bond motifs is 1. The van der Waals surface area contributed by atoms with Gasteiger partial charge in [-0.3, -0.25) is 4.79 Å². The molecule has 0 aromatic carbocycles. The maximum Gasteiger partial charge on any atom is 0.351 e. The van der Waals surface area contributed by atoms with E-state index in [0.717, 1.165) is 61.4 Å². The van der Waals surface area contributed by atoms with Gasteiger partial charge in [-0.05, 0) is 74.3 Å². The van der Waals surface area contributed by atoms with Crippen LogP contribution < -0.4 is 14.6 Å². The molecule has 2 aromatic rings. The van der Waals surface area contributed by atoms with Gasteiger partial charge in [0.15, 0.2) is 5.52 Å². The number of nitrogens with zero attached hydrogens (tertiary/aromatic N) is 1. The SMILES string of the molecule is O=C(NC12CC3CC(CC(C3)C1)C2)c1[nH]c(C[NH+]2CCC(CO)CC2)c2cccc[n+]12. The van der Waals surface area contributed by atoms with E-state index < -0.39 is 0 Å². The number of piperidine rings is 1. The molecule has 4 bridgehead atoms. The normalized spacial score (nSPS) is 36.7. The summed E-state index contributed by atoms with van der Waals surface area (Å²) in [7, 11) is 0. The van der Waals surface area contributed by atoms with E-state index in [2.05, 4.69) is 22.4 Å². The fraction of sp³-hybridized carbons (Fsp3) is 0.680. The number of carbonyl (C=O) groups is 1. The largest absolute Gasteiger partial charge is 0.396 e. The third-order valence-electron chi connectivity index (χ3n) is 8.81. The number of hydrogen-bond donors (Lipinski definition) is 4. The number of H-pyrrole nitrogens is 1. The van der Waals surface area contributed by atoms with Crippen LogP contribution in [0.25, 0.3) is 5.52 Å². The summed E-state index contributed by atoms with van der Waals surface area (Å²) >= 11 is 0. The maximum atomic E-state index is 13.5. The fourth-order valence-corrected chi connectivity index (χ4v) is 7.71. The van der Waals surface area contributed by atoms with Crippen molar-refractivity contribution < 1.29 is 19.2 Å². The molecule has 1 amide bonds. The number of nitrogens with one attached hydrogen (secondary N) is 3. The summed E-state index contributed by atoms with van der Waals surface area (Å²) in [4.78, 5) is 18.6. The standard InChI is InChI=1S/C25H34N4O2/c30-16-17-4-7-28(8-5-17)15-21-22-3-1-2-6-29(22)23(26-21)24(31)27-25-12-18-9-19(13-25)11-20(10-18)14-25/h1-3,6,17-20,30H,4-5,7-16H2,(H,27,31)/p+2. The third kappa shape index (κ3) is 3.58. The van der Waals surface area contributed by atoms with Crippen LogP contribution in [0.4, 0.5) is 0 Å². The molecule has 1 aliphatic heterocycles. The Morgan fingerprint density at radius 1 is 1.13 bits per heavy atom. The second kappa shape index (κ2) is 7.59. The van der Waals surface area contributed by atoms with E-state index in [4.69, 9.17) is 0 Å². The Morgan fingerprint density at radius 2 is 1.81 bits per heavy atom. The molecule has 0 unspecified atom stereocenters. The van der Waals surface area contributed by atoms with Crippen molar-refractivity contribution >= 4 is 11.4 Å². The number of aliphatic hydroxyl groups is 1. The minimum absolute atomic E-state index is 0.0240. The summed E-state index contributed by atoms with van der Waals surface area (Å²) in [5, 5.41) is 13.0. The Balaban J connectivity index is 1.24. The molecular weight excluding hydrogens is 388 g/mol. The van der Waals surface area contributed by atoms with Gasteiger partial charge in [-0.15, -0.1) is 0 Å². The molecular formula is C25H36N4O2+2. The quantitative estimate of drug-likeness (QED) is 0.546. The van der Waals surface area contributed by atoms with Crippen LogP contribution in [0.3, 0.4) is 0 Å². The lowest BCUT2D eigenvalue weighted by atomic mass is 9.53. The van der Waals surface area contributed by atoms with E-state index in [-0.39, 0.29) is 11.4 Å². The molecule has 4 aliphatic carbocycles. The molecule has 5 aliphatic rings. The van der Waals surface area contributed by atoms with Crippen molar-refractivity contribution in [2.45, 2.75) is 63.5 Å². The van der Waals surface area contributed by atoms with Gasteiger partial charge in [0.2, 0.25) is 5.69 Å². The number of aromatic nitrogens is 2. The summed E-state index contributed by atoms with van der Waals surface area (Å²) in [6.45, 7) is 3.37. The van der Waals surface area contributed by atoms with Gasteiger partial charge in [-0.25, -0.2) is 4.98 Å². The summed E-state index contributed by atoms with van der Waals surface area (Å²) in [6.07, 6.45) is 11.8. The minimum atomic E-state index is 0.0240. The van der Waals surface area contributed by atoms with Crippen molar-refractivity contribution in [1.29, 1.82) is 0 Å². The molecule has 1 saturated heterocycles. The first-order valence-corrected chi connectivity index (χ1v) is 12.4. The van der Waals surface area contributed by atoms with Crippen LogP contribution in [0, 0.1) is 23.7 Å². The summed E-state index contributed by atoms with van der Waals surface area (Å²) in [6, 6.07) is 6.18. The summed E-state index contributed by atoms with van der Waals surface area (Å²) in [5.41, 5.74) is 2.28. The van der Waals surface area contributed by atoms with E-state index >= 15 is 0 Å². The van der Waals surface area contributed by atoms with Crippen molar-refractivity contribution in [2.75, 3.05) is 19.7 Å². The molecule has 3 heterocycles. The molecule has 31 heavy (non-hydrogen) atoms. The van der Waals surface area contributed by atoms with Crippen LogP contribution in [0.15, 0.2) is 24.4 Å². The van der Waals surface area contributed by atoms with Crippen molar-refractivity contribution in [1.82, 2.24) is 10.3 Å². The molecule has 4 N–H and O–H groups in total. The zero-order chi connectivity index (χ0) is 21.0. The van der Waals surface area contributed by atoms with E-state index in [1.807, 2.05) is 16.7 Å². The molecule has 0 spiro atoms. The van der Waals surface area contributed by atoms with Gasteiger partial charge < -0.3 is 15.3 Å². The number of quaternary nitrogens is 1. The summed E-state index contributed by atoms with van der Waals surface area (Å²) in [5.74, 6) is 3.65. The highest BCUT2D eigenvalue weighted by Gasteiger charge is 2.52. The Kier molecular flexibility index (Phi) is 4.83. The van der Waals surface area contributed by atoms with Crippen molar-refractivity contribution in [2.24, 2.45) is 23.7 Å². The number of pyridine rings is 1. The van der Waals surface area contributed by atoms with Crippen molar-refractivity contribution in [3.8, 4) is 0 Å². The Labute approximate surface area is 184 Å². The first-order chi connectivity index (χ1) is 15.1. The van der Waals surface area contributed by atoms with Crippen LogP contribution in [0.1, 0.15) is 67.7 Å². The van der Waals surface area contributed by atoms with Crippen molar-refractivity contribution in [3.63, 3.8) is 0 Å². The van der Waals surface area contributed by atoms with E-state index in [1.54, 1.807) is 0 Å². The highest BCUT2D eigenvalue weighted by molar-refractivity contribution is 5.90. The van der Waals surface area contributed by atoms with Crippen LogP contribution in [-0.2, 0) is 6.54 Å². The number of likely N-dealkylation sites (tertiary alicyclic amines) is 1. The van der Waals surface area contributed by atoms with Crippen molar-refractivity contribution in [3.05, 3.63) is 35.9 Å². The number of amides is 1. The lowest BCUT2D eigenvalue weighted by Gasteiger charge is -2.56. The first-order valence-electron chi connectivity index (χ1n) is 12.4. The topological polar surface area (TPSA) is 73.7 Å². The monoisotopic (exact) mass is 424 g/mol. The molecule has 4 saturated carbocycles. The minimum Gasteiger partial charge on any atom is -0.396 e. The molecule has 0 radical (unpaired) electrons. The molecule has 0 atom stereocenters. The Morgan fingerprint density at radius 3 is 2.45 bits per heavy atom. The van der Waals surface area contributed by atoms with Crippen LogP contribution in [0.2, 0.25) is 0 Å². The van der Waals surface area contributed by atoms with Gasteiger partial charge in [0.25, 0.3) is 0 Å². The smallest absolute Gasteiger partial charge is 0.351 e. The molecule has 166 valence electrons. The highest BCUT2D eigenvalue weighted by atomic mass is 16.3. The summed E-state index contributed by atoms with van der Waals surface area (Å²) < 4.78 is 2.05. The number of rotatable bonds is 5. The van der Waals surface area contributed by atoms with E-state index in [1.165, 1.54) is 43.4 Å². The Hall–Kier alpha value is -1.92. The van der Waals surface area contributed by atoms with Gasteiger partial charge in [-0.2, -0.15) is 4.40 Å². The number of aromatic amines is 1. The third-order valence-corrected chi connectivity index (χ3v) is 8.81. The second-order valence-electron chi connectivity index (χ2n) is 11.1. The first kappa shape index (κ1) is 19.7. The zero-order valence-electron chi connectivity index (χ0n) is 18.4.